The number of carbonyl (C=O) groups excluding carboxylic acids is 2. The molecular weight excluding hydrogens is 412 g/mol. The number of ketones is 1. The zero-order valence-corrected chi connectivity index (χ0v) is 19.3. The van der Waals surface area contributed by atoms with Crippen molar-refractivity contribution in [2.45, 2.75) is 46.3 Å². The van der Waals surface area contributed by atoms with E-state index >= 15 is 0 Å². The van der Waals surface area contributed by atoms with E-state index in [0.29, 0.717) is 33.9 Å². The van der Waals surface area contributed by atoms with Crippen LogP contribution in [0.5, 0.6) is 0 Å². The van der Waals surface area contributed by atoms with Crippen LogP contribution in [-0.2, 0) is 11.3 Å². The van der Waals surface area contributed by atoms with Gasteiger partial charge in [-0.25, -0.2) is 0 Å². The lowest BCUT2D eigenvalue weighted by Crippen LogP contribution is -2.27. The lowest BCUT2D eigenvalue weighted by Gasteiger charge is -2.17. The highest BCUT2D eigenvalue weighted by Gasteiger charge is 2.21. The standard InChI is InChI=1S/C23H28N4O3S/c1-15(2)13-27-20(19-7-6-12-30-19)25-26-22(27)31-14-18(28)16-8-10-17(11-9-16)24-21(29)23(3,4)5/h6-12,15H,13-14H2,1-5H3,(H,24,29). The number of amides is 1. The number of furan rings is 1. The number of nitrogens with zero attached hydrogens (tertiary/aromatic N) is 3. The molecule has 0 spiro atoms. The maximum absolute atomic E-state index is 12.7. The number of carbonyl (C=O) groups is 2. The summed E-state index contributed by atoms with van der Waals surface area (Å²) in [6, 6.07) is 10.6. The zero-order chi connectivity index (χ0) is 22.6. The molecule has 31 heavy (non-hydrogen) atoms. The maximum Gasteiger partial charge on any atom is 0.229 e. The summed E-state index contributed by atoms with van der Waals surface area (Å²) in [5, 5.41) is 12.1. The molecule has 7 nitrogen and oxygen atoms in total. The SMILES string of the molecule is CC(C)Cn1c(SCC(=O)c2ccc(NC(=O)C(C)(C)C)cc2)nnc1-c1ccco1. The third-order valence-corrected chi connectivity index (χ3v) is 5.45. The van der Waals surface area contributed by atoms with Crippen molar-refractivity contribution < 1.29 is 14.0 Å². The highest BCUT2D eigenvalue weighted by atomic mass is 32.2. The first-order chi connectivity index (χ1) is 14.6. The quantitative estimate of drug-likeness (QED) is 0.385. The Morgan fingerprint density at radius 2 is 1.84 bits per heavy atom. The molecule has 0 radical (unpaired) electrons. The fourth-order valence-electron chi connectivity index (χ4n) is 2.78. The van der Waals surface area contributed by atoms with Crippen molar-refractivity contribution in [3.63, 3.8) is 0 Å². The molecule has 0 saturated heterocycles. The van der Waals surface area contributed by atoms with Gasteiger partial charge < -0.3 is 9.73 Å². The average Bonchev–Trinajstić information content (AvgIpc) is 3.35. The molecule has 1 amide bonds. The molecule has 0 aliphatic rings. The van der Waals surface area contributed by atoms with Gasteiger partial charge in [0.2, 0.25) is 5.91 Å². The summed E-state index contributed by atoms with van der Waals surface area (Å²) >= 11 is 1.36. The van der Waals surface area contributed by atoms with Gasteiger partial charge in [-0.15, -0.1) is 10.2 Å². The lowest BCUT2D eigenvalue weighted by atomic mass is 9.95. The van der Waals surface area contributed by atoms with Crippen LogP contribution in [0.1, 0.15) is 45.0 Å². The van der Waals surface area contributed by atoms with Gasteiger partial charge in [0, 0.05) is 23.2 Å². The van der Waals surface area contributed by atoms with Gasteiger partial charge in [-0.2, -0.15) is 0 Å². The fraction of sp³-hybridized carbons (Fsp3) is 0.391. The van der Waals surface area contributed by atoms with E-state index in [4.69, 9.17) is 4.42 Å². The summed E-state index contributed by atoms with van der Waals surface area (Å²) in [4.78, 5) is 24.8. The summed E-state index contributed by atoms with van der Waals surface area (Å²) in [6.45, 7) is 10.5. The smallest absolute Gasteiger partial charge is 0.229 e. The molecule has 1 N–H and O–H groups in total. The van der Waals surface area contributed by atoms with Gasteiger partial charge in [0.1, 0.15) is 0 Å². The molecular formula is C23H28N4O3S. The molecule has 1 aromatic carbocycles. The van der Waals surface area contributed by atoms with Crippen LogP contribution in [0.4, 0.5) is 5.69 Å². The molecule has 3 rings (SSSR count). The predicted molar refractivity (Wildman–Crippen MR) is 122 cm³/mol. The van der Waals surface area contributed by atoms with E-state index in [1.807, 2.05) is 37.5 Å². The van der Waals surface area contributed by atoms with Crippen molar-refractivity contribution in [2.75, 3.05) is 11.1 Å². The molecule has 0 bridgehead atoms. The summed E-state index contributed by atoms with van der Waals surface area (Å²) < 4.78 is 7.47. The molecule has 0 unspecified atom stereocenters. The average molecular weight is 441 g/mol. The largest absolute Gasteiger partial charge is 0.461 e. The highest BCUT2D eigenvalue weighted by Crippen LogP contribution is 2.26. The zero-order valence-electron chi connectivity index (χ0n) is 18.5. The first kappa shape index (κ1) is 22.8. The molecule has 0 saturated carbocycles. The number of aromatic nitrogens is 3. The molecule has 3 aromatic rings. The van der Waals surface area contributed by atoms with E-state index in [2.05, 4.69) is 29.4 Å². The van der Waals surface area contributed by atoms with Gasteiger partial charge >= 0.3 is 0 Å². The number of rotatable bonds is 8. The number of hydrogen-bond acceptors (Lipinski definition) is 6. The van der Waals surface area contributed by atoms with Crippen LogP contribution in [0.2, 0.25) is 0 Å². The van der Waals surface area contributed by atoms with Gasteiger partial charge in [-0.05, 0) is 42.3 Å². The summed E-state index contributed by atoms with van der Waals surface area (Å²) in [5.41, 5.74) is 0.775. The Morgan fingerprint density at radius 1 is 1.13 bits per heavy atom. The minimum atomic E-state index is -0.481. The predicted octanol–water partition coefficient (Wildman–Crippen LogP) is 5.15. The van der Waals surface area contributed by atoms with Crippen LogP contribution in [0.25, 0.3) is 11.6 Å². The Kier molecular flexibility index (Phi) is 7.00. The molecule has 0 aliphatic heterocycles. The van der Waals surface area contributed by atoms with Gasteiger partial charge in [-0.3, -0.25) is 14.2 Å². The van der Waals surface area contributed by atoms with Gasteiger partial charge in [0.15, 0.2) is 22.5 Å². The molecule has 2 heterocycles. The maximum atomic E-state index is 12.7. The molecule has 8 heteroatoms. The Bertz CT molecular complexity index is 1030. The van der Waals surface area contributed by atoms with E-state index in [1.54, 1.807) is 30.5 Å². The minimum absolute atomic E-state index is 0.0163. The van der Waals surface area contributed by atoms with Crippen LogP contribution in [0, 0.1) is 11.3 Å². The lowest BCUT2D eigenvalue weighted by molar-refractivity contribution is -0.123. The first-order valence-electron chi connectivity index (χ1n) is 10.2. The van der Waals surface area contributed by atoms with Gasteiger partial charge in [0.05, 0.1) is 12.0 Å². The van der Waals surface area contributed by atoms with Crippen molar-refractivity contribution in [3.8, 4) is 11.6 Å². The third kappa shape index (κ3) is 5.85. The van der Waals surface area contributed by atoms with Crippen LogP contribution in [0.15, 0.2) is 52.2 Å². The summed E-state index contributed by atoms with van der Waals surface area (Å²) in [7, 11) is 0. The van der Waals surface area contributed by atoms with Crippen LogP contribution in [-0.4, -0.2) is 32.2 Å². The number of thioether (sulfide) groups is 1. The van der Waals surface area contributed by atoms with Gasteiger partial charge in [-0.1, -0.05) is 46.4 Å². The molecule has 0 aliphatic carbocycles. The van der Waals surface area contributed by atoms with Crippen molar-refractivity contribution in [3.05, 3.63) is 48.2 Å². The first-order valence-corrected chi connectivity index (χ1v) is 11.2. The Labute approximate surface area is 186 Å². The fourth-order valence-corrected chi connectivity index (χ4v) is 3.63. The Hall–Kier alpha value is -2.87. The van der Waals surface area contributed by atoms with E-state index < -0.39 is 5.41 Å². The van der Waals surface area contributed by atoms with Crippen molar-refractivity contribution in [1.82, 2.24) is 14.8 Å². The molecule has 0 atom stereocenters. The molecule has 164 valence electrons. The monoisotopic (exact) mass is 440 g/mol. The Balaban J connectivity index is 1.67. The summed E-state index contributed by atoms with van der Waals surface area (Å²) in [5.74, 6) is 1.85. The van der Waals surface area contributed by atoms with Crippen molar-refractivity contribution in [1.29, 1.82) is 0 Å². The van der Waals surface area contributed by atoms with E-state index in [-0.39, 0.29) is 17.4 Å². The second-order valence-electron chi connectivity index (χ2n) is 8.78. The van der Waals surface area contributed by atoms with Crippen LogP contribution >= 0.6 is 11.8 Å². The minimum Gasteiger partial charge on any atom is -0.461 e. The molecule has 2 aromatic heterocycles. The second-order valence-corrected chi connectivity index (χ2v) is 9.72. The van der Waals surface area contributed by atoms with Crippen LogP contribution < -0.4 is 5.32 Å². The molecule has 0 fully saturated rings. The number of Topliss-reactive ketones (excluding diaryl/α,β-unsaturated/α-hetero) is 1. The topological polar surface area (TPSA) is 90.0 Å². The van der Waals surface area contributed by atoms with Crippen molar-refractivity contribution >= 4 is 29.1 Å². The normalized spacial score (nSPS) is 11.7. The summed E-state index contributed by atoms with van der Waals surface area (Å²) in [6.07, 6.45) is 1.60. The third-order valence-electron chi connectivity index (χ3n) is 4.48. The second kappa shape index (κ2) is 9.51. The van der Waals surface area contributed by atoms with Gasteiger partial charge in [0.25, 0.3) is 0 Å². The number of benzene rings is 1. The van der Waals surface area contributed by atoms with E-state index in [0.717, 1.165) is 6.54 Å². The number of hydrogen-bond donors (Lipinski definition) is 1. The van der Waals surface area contributed by atoms with E-state index in [9.17, 15) is 9.59 Å². The van der Waals surface area contributed by atoms with Crippen molar-refractivity contribution in [2.24, 2.45) is 11.3 Å². The number of nitrogens with one attached hydrogen (secondary N) is 1. The van der Waals surface area contributed by atoms with E-state index in [1.165, 1.54) is 11.8 Å². The number of anilines is 1. The van der Waals surface area contributed by atoms with Crippen LogP contribution in [0.3, 0.4) is 0 Å². The highest BCUT2D eigenvalue weighted by molar-refractivity contribution is 7.99. The Morgan fingerprint density at radius 3 is 2.42 bits per heavy atom.